The monoisotopic (exact) mass is 288 g/mol. The first-order chi connectivity index (χ1) is 7.08. The molecule has 2 rings (SSSR count). The van der Waals surface area contributed by atoms with E-state index in [2.05, 4.69) is 46.1 Å². The molecule has 1 aliphatic rings. The number of thiophene rings is 1. The quantitative estimate of drug-likeness (QED) is 0.907. The molecule has 0 radical (unpaired) electrons. The van der Waals surface area contributed by atoms with Gasteiger partial charge in [-0.25, -0.2) is 0 Å². The van der Waals surface area contributed by atoms with E-state index in [4.69, 9.17) is 5.73 Å². The maximum atomic E-state index is 6.04. The third kappa shape index (κ3) is 2.44. The molecule has 3 unspecified atom stereocenters. The largest absolute Gasteiger partial charge is 0.326 e. The van der Waals surface area contributed by atoms with Crippen LogP contribution in [0.1, 0.15) is 24.8 Å². The Morgan fingerprint density at radius 3 is 2.80 bits per heavy atom. The fourth-order valence-corrected chi connectivity index (χ4v) is 3.61. The number of nitrogens with zero attached hydrogens (tertiary/aromatic N) is 1. The molecule has 2 nitrogen and oxygen atoms in total. The molecule has 0 amide bonds. The lowest BCUT2D eigenvalue weighted by Crippen LogP contribution is -2.29. The van der Waals surface area contributed by atoms with Gasteiger partial charge in [0.15, 0.2) is 0 Å². The summed E-state index contributed by atoms with van der Waals surface area (Å²) in [6, 6.07) is 3.05. The first kappa shape index (κ1) is 11.6. The lowest BCUT2D eigenvalue weighted by molar-refractivity contribution is 0.257. The van der Waals surface area contributed by atoms with Gasteiger partial charge in [-0.05, 0) is 34.8 Å². The Balaban J connectivity index is 2.06. The van der Waals surface area contributed by atoms with E-state index in [9.17, 15) is 0 Å². The number of hydrogen-bond donors (Lipinski definition) is 1. The van der Waals surface area contributed by atoms with Gasteiger partial charge < -0.3 is 5.73 Å². The molecule has 1 aromatic heterocycles. The van der Waals surface area contributed by atoms with E-state index in [0.29, 0.717) is 18.0 Å². The van der Waals surface area contributed by atoms with Crippen molar-refractivity contribution in [2.75, 3.05) is 13.1 Å². The van der Waals surface area contributed by atoms with Crippen molar-refractivity contribution in [3.05, 3.63) is 20.8 Å². The summed E-state index contributed by atoms with van der Waals surface area (Å²) in [5.41, 5.74) is 6.04. The van der Waals surface area contributed by atoms with E-state index in [0.717, 1.165) is 13.1 Å². The predicted octanol–water partition coefficient (Wildman–Crippen LogP) is 2.85. The van der Waals surface area contributed by atoms with Crippen LogP contribution < -0.4 is 5.73 Å². The molecule has 84 valence electrons. The van der Waals surface area contributed by atoms with E-state index < -0.39 is 0 Å². The summed E-state index contributed by atoms with van der Waals surface area (Å²) < 4.78 is 1.19. The van der Waals surface area contributed by atoms with Crippen molar-refractivity contribution in [3.8, 4) is 0 Å². The van der Waals surface area contributed by atoms with Gasteiger partial charge in [0, 0.05) is 39.9 Å². The zero-order valence-corrected chi connectivity index (χ0v) is 11.5. The number of hydrogen-bond acceptors (Lipinski definition) is 3. The van der Waals surface area contributed by atoms with E-state index >= 15 is 0 Å². The van der Waals surface area contributed by atoms with Crippen LogP contribution in [0, 0.1) is 5.92 Å². The highest BCUT2D eigenvalue weighted by Gasteiger charge is 2.30. The van der Waals surface area contributed by atoms with Gasteiger partial charge in [0.1, 0.15) is 0 Å². The summed E-state index contributed by atoms with van der Waals surface area (Å²) in [5, 5.41) is 2.14. The summed E-state index contributed by atoms with van der Waals surface area (Å²) in [6.07, 6.45) is 0. The molecule has 4 heteroatoms. The third-order valence-corrected chi connectivity index (χ3v) is 5.11. The van der Waals surface area contributed by atoms with Gasteiger partial charge in [-0.15, -0.1) is 11.3 Å². The van der Waals surface area contributed by atoms with Crippen molar-refractivity contribution in [1.29, 1.82) is 0 Å². The van der Waals surface area contributed by atoms with Crippen molar-refractivity contribution < 1.29 is 0 Å². The van der Waals surface area contributed by atoms with E-state index in [-0.39, 0.29) is 0 Å². The van der Waals surface area contributed by atoms with Crippen LogP contribution in [0.2, 0.25) is 0 Å². The van der Waals surface area contributed by atoms with E-state index in [1.54, 1.807) is 0 Å². The highest BCUT2D eigenvalue weighted by atomic mass is 79.9. The van der Waals surface area contributed by atoms with E-state index in [1.165, 1.54) is 9.35 Å². The fraction of sp³-hybridized carbons (Fsp3) is 0.636. The molecule has 0 bridgehead atoms. The van der Waals surface area contributed by atoms with Crippen LogP contribution in [0.5, 0.6) is 0 Å². The Bertz CT molecular complexity index is 329. The minimum absolute atomic E-state index is 0.343. The van der Waals surface area contributed by atoms with Gasteiger partial charge in [-0.1, -0.05) is 6.92 Å². The van der Waals surface area contributed by atoms with Gasteiger partial charge in [-0.3, -0.25) is 4.90 Å². The van der Waals surface area contributed by atoms with Crippen molar-refractivity contribution in [1.82, 2.24) is 4.90 Å². The van der Waals surface area contributed by atoms with Crippen LogP contribution in [0.15, 0.2) is 15.9 Å². The normalized spacial score (nSPS) is 29.6. The van der Waals surface area contributed by atoms with Crippen LogP contribution in [0.3, 0.4) is 0 Å². The van der Waals surface area contributed by atoms with Crippen molar-refractivity contribution in [2.24, 2.45) is 11.7 Å². The number of nitrogens with two attached hydrogens (primary N) is 1. The highest BCUT2D eigenvalue weighted by Crippen LogP contribution is 2.32. The topological polar surface area (TPSA) is 29.3 Å². The maximum Gasteiger partial charge on any atom is 0.0414 e. The van der Waals surface area contributed by atoms with Crippen molar-refractivity contribution in [2.45, 2.75) is 25.9 Å². The Labute approximate surface area is 104 Å². The average molecular weight is 289 g/mol. The summed E-state index contributed by atoms with van der Waals surface area (Å²) in [7, 11) is 0. The Morgan fingerprint density at radius 2 is 2.33 bits per heavy atom. The molecule has 0 aromatic carbocycles. The lowest BCUT2D eigenvalue weighted by atomic mass is 10.1. The van der Waals surface area contributed by atoms with Gasteiger partial charge in [-0.2, -0.15) is 0 Å². The van der Waals surface area contributed by atoms with Gasteiger partial charge in [0.2, 0.25) is 0 Å². The Morgan fingerprint density at radius 1 is 1.60 bits per heavy atom. The minimum atomic E-state index is 0.343. The molecule has 1 fully saturated rings. The molecule has 1 aliphatic heterocycles. The first-order valence-corrected chi connectivity index (χ1v) is 6.98. The molecule has 0 spiro atoms. The van der Waals surface area contributed by atoms with Gasteiger partial charge in [0.25, 0.3) is 0 Å². The summed E-state index contributed by atoms with van der Waals surface area (Å²) in [4.78, 5) is 3.90. The highest BCUT2D eigenvalue weighted by molar-refractivity contribution is 9.10. The number of rotatable bonds is 2. The van der Waals surface area contributed by atoms with Crippen LogP contribution in [0.25, 0.3) is 0 Å². The molecule has 0 aliphatic carbocycles. The second-order valence-electron chi connectivity index (χ2n) is 4.44. The fourth-order valence-electron chi connectivity index (χ4n) is 2.07. The number of likely N-dealkylation sites (tertiary alicyclic amines) is 1. The average Bonchev–Trinajstić information content (AvgIpc) is 2.74. The second kappa shape index (κ2) is 4.53. The second-order valence-corrected chi connectivity index (χ2v) is 6.30. The van der Waals surface area contributed by atoms with Gasteiger partial charge in [0.05, 0.1) is 0 Å². The maximum absolute atomic E-state index is 6.04. The molecule has 1 saturated heterocycles. The van der Waals surface area contributed by atoms with Crippen LogP contribution in [0.4, 0.5) is 0 Å². The minimum Gasteiger partial charge on any atom is -0.326 e. The van der Waals surface area contributed by atoms with Crippen LogP contribution in [-0.2, 0) is 0 Å². The Hall–Kier alpha value is 0.1000. The molecule has 0 saturated carbocycles. The van der Waals surface area contributed by atoms with Crippen LogP contribution >= 0.6 is 27.3 Å². The van der Waals surface area contributed by atoms with Gasteiger partial charge >= 0.3 is 0 Å². The number of halogens is 1. The third-order valence-electron chi connectivity index (χ3n) is 3.25. The summed E-state index contributed by atoms with van der Waals surface area (Å²) >= 11 is 5.32. The molecule has 1 aromatic rings. The summed E-state index contributed by atoms with van der Waals surface area (Å²) in [6.45, 7) is 6.65. The standard InChI is InChI=1S/C11H17BrN2S/c1-7-4-14(5-10(7)13)8(2)11-3-9(12)6-15-11/h3,6-8,10H,4-5,13H2,1-2H3. The molecular weight excluding hydrogens is 272 g/mol. The molecule has 2 heterocycles. The smallest absolute Gasteiger partial charge is 0.0414 e. The zero-order valence-electron chi connectivity index (χ0n) is 9.11. The first-order valence-electron chi connectivity index (χ1n) is 5.31. The van der Waals surface area contributed by atoms with Crippen molar-refractivity contribution >= 4 is 27.3 Å². The van der Waals surface area contributed by atoms with E-state index in [1.807, 2.05) is 11.3 Å². The predicted molar refractivity (Wildman–Crippen MR) is 69.1 cm³/mol. The SMILES string of the molecule is CC1CN(C(C)c2cc(Br)cs2)CC1N. The summed E-state index contributed by atoms with van der Waals surface area (Å²) in [5.74, 6) is 0.621. The molecule has 3 atom stereocenters. The molecular formula is C11H17BrN2S. The Kier molecular flexibility index (Phi) is 3.50. The zero-order chi connectivity index (χ0) is 11.0. The lowest BCUT2D eigenvalue weighted by Gasteiger charge is -2.22. The van der Waals surface area contributed by atoms with Crippen molar-refractivity contribution in [3.63, 3.8) is 0 Å². The molecule has 15 heavy (non-hydrogen) atoms. The van der Waals surface area contributed by atoms with Crippen LogP contribution in [-0.4, -0.2) is 24.0 Å². The molecule has 2 N–H and O–H groups in total.